The second kappa shape index (κ2) is 5.32. The average Bonchev–Trinajstić information content (AvgIpc) is 2.18. The zero-order valence-corrected chi connectivity index (χ0v) is 9.53. The van der Waals surface area contributed by atoms with E-state index >= 15 is 0 Å². The third kappa shape index (κ3) is 2.69. The average molecular weight is 281 g/mol. The van der Waals surface area contributed by atoms with Gasteiger partial charge < -0.3 is 5.32 Å². The summed E-state index contributed by atoms with van der Waals surface area (Å²) in [5, 5.41) is 2.55. The van der Waals surface area contributed by atoms with Gasteiger partial charge in [-0.25, -0.2) is 4.39 Å². The molecule has 0 aliphatic heterocycles. The van der Waals surface area contributed by atoms with Crippen molar-refractivity contribution in [2.45, 2.75) is 0 Å². The molecule has 1 rings (SSSR count). The van der Waals surface area contributed by atoms with Crippen LogP contribution in [0.1, 0.15) is 10.4 Å². The topological polar surface area (TPSA) is 29.1 Å². The highest BCUT2D eigenvalue weighted by molar-refractivity contribution is 9.10. The lowest BCUT2D eigenvalue weighted by atomic mass is 10.2. The maximum absolute atomic E-state index is 13.0. The number of halogens is 3. The SMILES string of the molecule is O=C(NCCCl)c1cccc(F)c1Br. The van der Waals surface area contributed by atoms with Gasteiger partial charge in [-0.3, -0.25) is 4.79 Å². The molecule has 0 radical (unpaired) electrons. The molecule has 5 heteroatoms. The van der Waals surface area contributed by atoms with E-state index in [0.29, 0.717) is 12.4 Å². The molecule has 0 aliphatic rings. The largest absolute Gasteiger partial charge is 0.351 e. The predicted molar refractivity (Wildman–Crippen MR) is 57.2 cm³/mol. The van der Waals surface area contributed by atoms with Crippen LogP contribution in [0.15, 0.2) is 22.7 Å². The van der Waals surface area contributed by atoms with Crippen molar-refractivity contribution in [3.63, 3.8) is 0 Å². The van der Waals surface area contributed by atoms with E-state index < -0.39 is 5.82 Å². The van der Waals surface area contributed by atoms with Crippen LogP contribution in [0.4, 0.5) is 4.39 Å². The van der Waals surface area contributed by atoms with Crippen LogP contribution >= 0.6 is 27.5 Å². The van der Waals surface area contributed by atoms with Crippen LogP contribution in [-0.2, 0) is 0 Å². The smallest absolute Gasteiger partial charge is 0.252 e. The molecule has 2 nitrogen and oxygen atoms in total. The molecule has 0 aromatic heterocycles. The van der Waals surface area contributed by atoms with Gasteiger partial charge in [0.2, 0.25) is 0 Å². The van der Waals surface area contributed by atoms with Crippen molar-refractivity contribution < 1.29 is 9.18 Å². The van der Waals surface area contributed by atoms with Crippen LogP contribution in [0.2, 0.25) is 0 Å². The fourth-order valence-corrected chi connectivity index (χ4v) is 1.47. The Kier molecular flexibility index (Phi) is 4.35. The molecule has 0 saturated carbocycles. The number of nitrogens with one attached hydrogen (secondary N) is 1. The Morgan fingerprint density at radius 2 is 2.29 bits per heavy atom. The Balaban J connectivity index is 2.84. The van der Waals surface area contributed by atoms with Gasteiger partial charge in [-0.05, 0) is 28.1 Å². The van der Waals surface area contributed by atoms with Crippen LogP contribution < -0.4 is 5.32 Å². The first-order valence-electron chi connectivity index (χ1n) is 3.95. The molecule has 1 amide bonds. The lowest BCUT2D eigenvalue weighted by molar-refractivity contribution is 0.0954. The molecule has 0 atom stereocenters. The zero-order chi connectivity index (χ0) is 10.6. The van der Waals surface area contributed by atoms with Crippen molar-refractivity contribution in [1.82, 2.24) is 5.32 Å². The monoisotopic (exact) mass is 279 g/mol. The minimum Gasteiger partial charge on any atom is -0.351 e. The van der Waals surface area contributed by atoms with Crippen LogP contribution in [0.5, 0.6) is 0 Å². The van der Waals surface area contributed by atoms with Crippen LogP contribution in [0.25, 0.3) is 0 Å². The first-order valence-corrected chi connectivity index (χ1v) is 5.27. The fourth-order valence-electron chi connectivity index (χ4n) is 0.935. The molecule has 76 valence electrons. The molecule has 14 heavy (non-hydrogen) atoms. The van der Waals surface area contributed by atoms with E-state index in [2.05, 4.69) is 21.2 Å². The van der Waals surface area contributed by atoms with Crippen molar-refractivity contribution in [2.24, 2.45) is 0 Å². The van der Waals surface area contributed by atoms with E-state index in [4.69, 9.17) is 11.6 Å². The molecule has 1 aromatic carbocycles. The Bertz CT molecular complexity index is 346. The lowest BCUT2D eigenvalue weighted by Gasteiger charge is -2.05. The second-order valence-electron chi connectivity index (χ2n) is 2.55. The van der Waals surface area contributed by atoms with E-state index in [-0.39, 0.29) is 15.9 Å². The van der Waals surface area contributed by atoms with Gasteiger partial charge in [0.1, 0.15) is 5.82 Å². The van der Waals surface area contributed by atoms with Gasteiger partial charge in [-0.15, -0.1) is 11.6 Å². The Hall–Kier alpha value is -0.610. The minimum absolute atomic E-state index is 0.173. The Labute approximate surface area is 94.6 Å². The molecular weight excluding hydrogens is 272 g/mol. The van der Waals surface area contributed by atoms with E-state index in [0.717, 1.165) is 0 Å². The number of rotatable bonds is 3. The maximum Gasteiger partial charge on any atom is 0.252 e. The van der Waals surface area contributed by atoms with Crippen molar-refractivity contribution in [3.05, 3.63) is 34.1 Å². The molecule has 0 heterocycles. The zero-order valence-electron chi connectivity index (χ0n) is 7.19. The molecule has 0 bridgehead atoms. The van der Waals surface area contributed by atoms with Crippen molar-refractivity contribution in [2.75, 3.05) is 12.4 Å². The molecule has 1 N–H and O–H groups in total. The van der Waals surface area contributed by atoms with Crippen molar-refractivity contribution >= 4 is 33.4 Å². The minimum atomic E-state index is -0.455. The van der Waals surface area contributed by atoms with E-state index in [1.165, 1.54) is 18.2 Å². The molecule has 0 spiro atoms. The van der Waals surface area contributed by atoms with Crippen LogP contribution in [-0.4, -0.2) is 18.3 Å². The number of benzene rings is 1. The highest BCUT2D eigenvalue weighted by atomic mass is 79.9. The summed E-state index contributed by atoms with van der Waals surface area (Å²) in [6.07, 6.45) is 0. The van der Waals surface area contributed by atoms with Gasteiger partial charge in [-0.2, -0.15) is 0 Å². The number of hydrogen-bond donors (Lipinski definition) is 1. The standard InChI is InChI=1S/C9H8BrClFNO/c10-8-6(2-1-3-7(8)12)9(14)13-5-4-11/h1-3H,4-5H2,(H,13,14). The molecular formula is C9H8BrClFNO. The maximum atomic E-state index is 13.0. The van der Waals surface area contributed by atoms with E-state index in [1.807, 2.05) is 0 Å². The van der Waals surface area contributed by atoms with Crippen molar-refractivity contribution in [3.8, 4) is 0 Å². The normalized spacial score (nSPS) is 9.93. The molecule has 0 fully saturated rings. The van der Waals surface area contributed by atoms with Crippen molar-refractivity contribution in [1.29, 1.82) is 0 Å². The van der Waals surface area contributed by atoms with Gasteiger partial charge >= 0.3 is 0 Å². The number of hydrogen-bond acceptors (Lipinski definition) is 1. The quantitative estimate of drug-likeness (QED) is 0.847. The summed E-state index contributed by atoms with van der Waals surface area (Å²) >= 11 is 8.41. The summed E-state index contributed by atoms with van der Waals surface area (Å²) in [6.45, 7) is 0.364. The van der Waals surface area contributed by atoms with Crippen LogP contribution in [0.3, 0.4) is 0 Å². The Morgan fingerprint density at radius 3 is 2.93 bits per heavy atom. The third-order valence-corrected chi connectivity index (χ3v) is 2.57. The summed E-state index contributed by atoms with van der Waals surface area (Å²) in [4.78, 5) is 11.4. The predicted octanol–water partition coefficient (Wildman–Crippen LogP) is 2.56. The molecule has 0 aliphatic carbocycles. The number of alkyl halides is 1. The van der Waals surface area contributed by atoms with Gasteiger partial charge in [0.15, 0.2) is 0 Å². The Morgan fingerprint density at radius 1 is 1.57 bits per heavy atom. The third-order valence-electron chi connectivity index (χ3n) is 1.58. The van der Waals surface area contributed by atoms with E-state index in [1.54, 1.807) is 0 Å². The molecule has 0 saturated heterocycles. The summed E-state index contributed by atoms with van der Waals surface area (Å²) < 4.78 is 13.2. The summed E-state index contributed by atoms with van der Waals surface area (Å²) in [6, 6.07) is 4.30. The number of carbonyl (C=O) groups is 1. The first kappa shape index (κ1) is 11.5. The second-order valence-corrected chi connectivity index (χ2v) is 3.72. The molecule has 1 aromatic rings. The van der Waals surface area contributed by atoms with E-state index in [9.17, 15) is 9.18 Å². The molecule has 0 unspecified atom stereocenters. The lowest BCUT2D eigenvalue weighted by Crippen LogP contribution is -2.25. The first-order chi connectivity index (χ1) is 6.66. The highest BCUT2D eigenvalue weighted by Crippen LogP contribution is 2.19. The summed E-state index contributed by atoms with van der Waals surface area (Å²) in [5.74, 6) is -0.459. The van der Waals surface area contributed by atoms with Crippen LogP contribution in [0, 0.1) is 5.82 Å². The van der Waals surface area contributed by atoms with Gasteiger partial charge in [0, 0.05) is 12.4 Å². The van der Waals surface area contributed by atoms with Gasteiger partial charge in [0.05, 0.1) is 10.0 Å². The highest BCUT2D eigenvalue weighted by Gasteiger charge is 2.11. The fraction of sp³-hybridized carbons (Fsp3) is 0.222. The number of carbonyl (C=O) groups excluding carboxylic acids is 1. The van der Waals surface area contributed by atoms with Gasteiger partial charge in [-0.1, -0.05) is 6.07 Å². The number of amides is 1. The summed E-state index contributed by atoms with van der Waals surface area (Å²) in [5.41, 5.74) is 0.273. The summed E-state index contributed by atoms with van der Waals surface area (Å²) in [7, 11) is 0. The van der Waals surface area contributed by atoms with Gasteiger partial charge in [0.25, 0.3) is 5.91 Å².